The van der Waals surface area contributed by atoms with Crippen molar-refractivity contribution in [3.8, 4) is 11.3 Å². The van der Waals surface area contributed by atoms with E-state index >= 15 is 0 Å². The number of halogens is 2. The summed E-state index contributed by atoms with van der Waals surface area (Å²) in [6.07, 6.45) is 14.0. The molecule has 0 saturated heterocycles. The Morgan fingerprint density at radius 2 is 1.72 bits per heavy atom. The van der Waals surface area contributed by atoms with Crippen LogP contribution in [0.4, 0.5) is 0 Å². The zero-order chi connectivity index (χ0) is 21.3. The average molecular weight is 487 g/mol. The predicted octanol–water partition coefficient (Wildman–Crippen LogP) is 0.656. The summed E-state index contributed by atoms with van der Waals surface area (Å²) in [5.74, 6) is 1.01. The fourth-order valence-corrected chi connectivity index (χ4v) is 3.54. The van der Waals surface area contributed by atoms with E-state index in [2.05, 4.69) is 73.5 Å². The second-order valence-corrected chi connectivity index (χ2v) is 8.32. The summed E-state index contributed by atoms with van der Waals surface area (Å²) in [5.41, 5.74) is 2.45. The van der Waals surface area contributed by atoms with Gasteiger partial charge in [0.15, 0.2) is 0 Å². The average Bonchev–Trinajstić information content (AvgIpc) is 3.02. The molecule has 0 aliphatic heterocycles. The van der Waals surface area contributed by atoms with Crippen molar-refractivity contribution < 1.29 is 33.4 Å². The standard InChI is InChI=1S/C20H25BrN3.ClHO4/c1-2-3-4-5-6-7-14-24-19(17-10-8-11-18(21)15-17)16-23-13-9-12-22-20(23)24;2-1(3,4)5/h8-13,15-16H,2-7,14H2,1H3;(H,2,3,4,5)/q+1;/p-1. The highest BCUT2D eigenvalue weighted by molar-refractivity contribution is 9.10. The molecule has 7 nitrogen and oxygen atoms in total. The van der Waals surface area contributed by atoms with E-state index in [9.17, 15) is 0 Å². The van der Waals surface area contributed by atoms with Gasteiger partial charge >= 0.3 is 5.78 Å². The van der Waals surface area contributed by atoms with Crippen LogP contribution in [0.15, 0.2) is 53.4 Å². The first-order chi connectivity index (χ1) is 13.8. The summed E-state index contributed by atoms with van der Waals surface area (Å²) < 4.78 is 39.5. The molecule has 0 fully saturated rings. The molecule has 0 atom stereocenters. The SMILES string of the molecule is CCCCCCCC[n+]1c(-c2cccc(Br)c2)cn2cccnc21.[O-][Cl+3]([O-])([O-])[O-]. The highest BCUT2D eigenvalue weighted by Crippen LogP contribution is 2.21. The molecule has 2 aromatic heterocycles. The number of imidazole rings is 1. The van der Waals surface area contributed by atoms with E-state index in [0.717, 1.165) is 16.8 Å². The molecule has 9 heteroatoms. The van der Waals surface area contributed by atoms with E-state index in [4.69, 9.17) is 18.6 Å². The molecular weight excluding hydrogens is 462 g/mol. The van der Waals surface area contributed by atoms with E-state index in [1.807, 2.05) is 12.3 Å². The number of rotatable bonds is 8. The molecule has 0 saturated carbocycles. The Kier molecular flexibility index (Phi) is 9.48. The van der Waals surface area contributed by atoms with E-state index in [1.54, 1.807) is 0 Å². The second kappa shape index (κ2) is 11.6. The van der Waals surface area contributed by atoms with Crippen molar-refractivity contribution in [2.24, 2.45) is 0 Å². The van der Waals surface area contributed by atoms with Crippen molar-refractivity contribution >= 4 is 21.7 Å². The molecule has 0 aliphatic rings. The molecule has 0 spiro atoms. The molecule has 2 heterocycles. The maximum atomic E-state index is 8.49. The van der Waals surface area contributed by atoms with Crippen LogP contribution in [0.1, 0.15) is 45.4 Å². The van der Waals surface area contributed by atoms with E-state index in [0.29, 0.717) is 0 Å². The third kappa shape index (κ3) is 8.38. The van der Waals surface area contributed by atoms with Crippen LogP contribution in [0.25, 0.3) is 17.0 Å². The summed E-state index contributed by atoms with van der Waals surface area (Å²) in [6, 6.07) is 10.5. The fourth-order valence-electron chi connectivity index (χ4n) is 3.14. The summed E-state index contributed by atoms with van der Waals surface area (Å²) in [5, 5.41) is 0. The molecule has 29 heavy (non-hydrogen) atoms. The van der Waals surface area contributed by atoms with Crippen LogP contribution in [0.5, 0.6) is 0 Å². The Balaban J connectivity index is 0.000000537. The van der Waals surface area contributed by atoms with E-state index in [1.165, 1.54) is 49.8 Å². The van der Waals surface area contributed by atoms with Crippen molar-refractivity contribution in [3.63, 3.8) is 0 Å². The third-order valence-corrected chi connectivity index (χ3v) is 4.90. The van der Waals surface area contributed by atoms with Gasteiger partial charge in [0.2, 0.25) is 0 Å². The zero-order valence-corrected chi connectivity index (χ0v) is 18.6. The van der Waals surface area contributed by atoms with Gasteiger partial charge in [0.05, 0.1) is 12.7 Å². The maximum absolute atomic E-state index is 8.49. The van der Waals surface area contributed by atoms with E-state index < -0.39 is 10.2 Å². The van der Waals surface area contributed by atoms with Crippen LogP contribution in [-0.2, 0) is 6.54 Å². The highest BCUT2D eigenvalue weighted by Gasteiger charge is 2.18. The lowest BCUT2D eigenvalue weighted by Crippen LogP contribution is -2.68. The first kappa shape index (κ1) is 23.7. The summed E-state index contributed by atoms with van der Waals surface area (Å²) in [4.78, 5) is 4.59. The fraction of sp³-hybridized carbons (Fsp3) is 0.400. The Bertz CT molecular complexity index is 893. The van der Waals surface area contributed by atoms with Crippen molar-refractivity contribution in [2.75, 3.05) is 0 Å². The van der Waals surface area contributed by atoms with Gasteiger partial charge in [0.1, 0.15) is 18.1 Å². The van der Waals surface area contributed by atoms with Gasteiger partial charge in [-0.3, -0.25) is 0 Å². The van der Waals surface area contributed by atoms with Gasteiger partial charge < -0.3 is 0 Å². The first-order valence-electron chi connectivity index (χ1n) is 9.53. The smallest absolute Gasteiger partial charge is 0.225 e. The van der Waals surface area contributed by atoms with E-state index in [-0.39, 0.29) is 0 Å². The highest BCUT2D eigenvalue weighted by atomic mass is 79.9. The largest absolute Gasteiger partial charge is 0.403 e. The number of hydrogen-bond acceptors (Lipinski definition) is 5. The minimum atomic E-state index is -4.94. The number of fused-ring (bicyclic) bond motifs is 1. The Labute approximate surface area is 181 Å². The minimum absolute atomic E-state index is 1.01. The lowest BCUT2D eigenvalue weighted by molar-refractivity contribution is -2.00. The van der Waals surface area contributed by atoms with Crippen molar-refractivity contribution in [1.29, 1.82) is 0 Å². The summed E-state index contributed by atoms with van der Waals surface area (Å²) in [7, 11) is -4.94. The molecule has 3 rings (SSSR count). The molecule has 0 bridgehead atoms. The normalized spacial score (nSPS) is 11.4. The quantitative estimate of drug-likeness (QED) is 0.343. The van der Waals surface area contributed by atoms with Crippen LogP contribution in [0, 0.1) is 10.2 Å². The minimum Gasteiger partial charge on any atom is -0.225 e. The Morgan fingerprint density at radius 3 is 2.41 bits per heavy atom. The van der Waals surface area contributed by atoms with Gasteiger partial charge in [-0.1, -0.05) is 72.1 Å². The van der Waals surface area contributed by atoms with Gasteiger partial charge in [-0.15, -0.1) is 10.2 Å². The Morgan fingerprint density at radius 1 is 1.03 bits per heavy atom. The number of benzene rings is 1. The van der Waals surface area contributed by atoms with Gasteiger partial charge in [-0.2, -0.15) is 0 Å². The number of unbranched alkanes of at least 4 members (excludes halogenated alkanes) is 5. The third-order valence-electron chi connectivity index (χ3n) is 4.40. The van der Waals surface area contributed by atoms with Gasteiger partial charge in [-0.25, -0.2) is 27.6 Å². The number of aromatic nitrogens is 3. The molecule has 0 N–H and O–H groups in total. The molecule has 0 radical (unpaired) electrons. The lowest BCUT2D eigenvalue weighted by Gasteiger charge is -2.17. The van der Waals surface area contributed by atoms with Crippen LogP contribution < -0.4 is 23.2 Å². The topological polar surface area (TPSA) is 113 Å². The molecule has 0 unspecified atom stereocenters. The predicted molar refractivity (Wildman–Crippen MR) is 102 cm³/mol. The second-order valence-electron chi connectivity index (χ2n) is 6.65. The monoisotopic (exact) mass is 485 g/mol. The van der Waals surface area contributed by atoms with Crippen LogP contribution in [0.3, 0.4) is 0 Å². The summed E-state index contributed by atoms with van der Waals surface area (Å²) >= 11 is 3.58. The van der Waals surface area contributed by atoms with Crippen molar-refractivity contribution in [2.45, 2.75) is 52.0 Å². The maximum Gasteiger partial charge on any atom is 0.403 e. The molecule has 0 amide bonds. The Hall–Kier alpha value is -1.55. The zero-order valence-electron chi connectivity index (χ0n) is 16.3. The van der Waals surface area contributed by atoms with Crippen LogP contribution in [-0.4, -0.2) is 9.38 Å². The van der Waals surface area contributed by atoms with Crippen molar-refractivity contribution in [1.82, 2.24) is 9.38 Å². The molecule has 3 aromatic rings. The first-order valence-corrected chi connectivity index (χ1v) is 11.6. The number of nitrogens with zero attached hydrogens (tertiary/aromatic N) is 3. The van der Waals surface area contributed by atoms with Crippen LogP contribution in [0.2, 0.25) is 0 Å². The lowest BCUT2D eigenvalue weighted by atomic mass is 10.1. The molecular formula is C20H25BrClN3O4. The molecule has 0 aliphatic carbocycles. The van der Waals surface area contributed by atoms with Gasteiger partial charge in [0.25, 0.3) is 0 Å². The van der Waals surface area contributed by atoms with Crippen molar-refractivity contribution in [3.05, 3.63) is 53.4 Å². The number of hydrogen-bond donors (Lipinski definition) is 0. The van der Waals surface area contributed by atoms with Crippen LogP contribution >= 0.6 is 15.9 Å². The summed E-state index contributed by atoms with van der Waals surface area (Å²) in [6.45, 7) is 3.28. The number of aryl methyl sites for hydroxylation is 1. The molecule has 1 aromatic carbocycles. The van der Waals surface area contributed by atoms with Gasteiger partial charge in [0, 0.05) is 16.1 Å². The molecule has 158 valence electrons. The van der Waals surface area contributed by atoms with Gasteiger partial charge in [-0.05, 0) is 18.6 Å².